The molecule has 1 N–H and O–H groups in total. The summed E-state index contributed by atoms with van der Waals surface area (Å²) in [5, 5.41) is 13.1. The number of nitrogens with zero attached hydrogens (tertiary/aromatic N) is 6. The number of aliphatic imine (C=N–C) groups is 2. The SMILES string of the molecule is Cn1cc(-c2ccc3n[nH]c(C4CC(N5CCOCC5)=NC=N4)c3c2)cn1. The van der Waals surface area contributed by atoms with Crippen LogP contribution in [-0.4, -0.2) is 63.4 Å². The summed E-state index contributed by atoms with van der Waals surface area (Å²) >= 11 is 0. The Hall–Kier alpha value is -3.00. The van der Waals surface area contributed by atoms with Crippen molar-refractivity contribution in [1.82, 2.24) is 24.9 Å². The fourth-order valence-corrected chi connectivity index (χ4v) is 3.70. The fraction of sp³-hybridized carbons (Fsp3) is 0.368. The van der Waals surface area contributed by atoms with Gasteiger partial charge >= 0.3 is 0 Å². The number of benzene rings is 1. The van der Waals surface area contributed by atoms with Crippen molar-refractivity contribution >= 4 is 23.1 Å². The summed E-state index contributed by atoms with van der Waals surface area (Å²) in [5.74, 6) is 1.07. The molecule has 0 saturated carbocycles. The number of H-pyrrole nitrogens is 1. The van der Waals surface area contributed by atoms with Gasteiger partial charge in [0.15, 0.2) is 0 Å². The summed E-state index contributed by atoms with van der Waals surface area (Å²) in [4.78, 5) is 11.4. The number of fused-ring (bicyclic) bond motifs is 1. The number of aryl methyl sites for hydroxylation is 1. The summed E-state index contributed by atoms with van der Waals surface area (Å²) in [6, 6.07) is 6.28. The van der Waals surface area contributed by atoms with E-state index < -0.39 is 0 Å². The zero-order valence-corrected chi connectivity index (χ0v) is 15.2. The molecular weight excluding hydrogens is 342 g/mol. The summed E-state index contributed by atoms with van der Waals surface area (Å²) in [7, 11) is 1.93. The molecule has 0 spiro atoms. The number of ether oxygens (including phenoxy) is 1. The summed E-state index contributed by atoms with van der Waals surface area (Å²) in [6.45, 7) is 3.27. The minimum absolute atomic E-state index is 0.00510. The number of amidine groups is 1. The highest BCUT2D eigenvalue weighted by Gasteiger charge is 2.25. The minimum atomic E-state index is -0.00510. The lowest BCUT2D eigenvalue weighted by molar-refractivity contribution is 0.0670. The van der Waals surface area contributed by atoms with Crippen LogP contribution in [0.2, 0.25) is 0 Å². The normalized spacial score (nSPS) is 20.3. The first kappa shape index (κ1) is 16.2. The molecule has 4 heterocycles. The van der Waals surface area contributed by atoms with Gasteiger partial charge in [0.25, 0.3) is 0 Å². The molecule has 2 aliphatic heterocycles. The van der Waals surface area contributed by atoms with Gasteiger partial charge in [-0.15, -0.1) is 0 Å². The maximum Gasteiger partial charge on any atom is 0.112 e. The maximum absolute atomic E-state index is 5.45. The second kappa shape index (κ2) is 6.62. The minimum Gasteiger partial charge on any atom is -0.378 e. The largest absolute Gasteiger partial charge is 0.378 e. The van der Waals surface area contributed by atoms with Crippen LogP contribution in [0.25, 0.3) is 22.0 Å². The van der Waals surface area contributed by atoms with E-state index in [-0.39, 0.29) is 6.04 Å². The van der Waals surface area contributed by atoms with Crippen LogP contribution in [0.3, 0.4) is 0 Å². The fourth-order valence-electron chi connectivity index (χ4n) is 3.70. The Balaban J connectivity index is 1.46. The number of nitrogens with one attached hydrogen (secondary N) is 1. The molecule has 138 valence electrons. The Morgan fingerprint density at radius 2 is 2.07 bits per heavy atom. The Morgan fingerprint density at radius 1 is 1.19 bits per heavy atom. The Labute approximate surface area is 156 Å². The molecule has 2 aliphatic rings. The van der Waals surface area contributed by atoms with Gasteiger partial charge in [0, 0.05) is 43.7 Å². The van der Waals surface area contributed by atoms with Gasteiger partial charge in [-0.3, -0.25) is 14.8 Å². The van der Waals surface area contributed by atoms with Gasteiger partial charge in [-0.05, 0) is 17.7 Å². The van der Waals surface area contributed by atoms with Crippen molar-refractivity contribution in [2.45, 2.75) is 12.5 Å². The van der Waals surface area contributed by atoms with E-state index in [2.05, 4.69) is 42.3 Å². The number of hydrogen-bond donors (Lipinski definition) is 1. The van der Waals surface area contributed by atoms with Crippen molar-refractivity contribution in [3.05, 3.63) is 36.3 Å². The van der Waals surface area contributed by atoms with Crippen LogP contribution < -0.4 is 0 Å². The lowest BCUT2D eigenvalue weighted by Gasteiger charge is -2.31. The summed E-state index contributed by atoms with van der Waals surface area (Å²) in [5.41, 5.74) is 4.20. The number of aromatic nitrogens is 4. The Morgan fingerprint density at radius 3 is 2.89 bits per heavy atom. The zero-order valence-electron chi connectivity index (χ0n) is 15.2. The summed E-state index contributed by atoms with van der Waals surface area (Å²) < 4.78 is 7.26. The van der Waals surface area contributed by atoms with Gasteiger partial charge in [0.1, 0.15) is 18.2 Å². The number of rotatable bonds is 2. The van der Waals surface area contributed by atoms with E-state index in [9.17, 15) is 0 Å². The highest BCUT2D eigenvalue weighted by molar-refractivity contribution is 5.93. The Kier molecular flexibility index (Phi) is 3.97. The highest BCUT2D eigenvalue weighted by Crippen LogP contribution is 2.32. The van der Waals surface area contributed by atoms with E-state index in [0.29, 0.717) is 0 Å². The molecule has 0 aliphatic carbocycles. The average Bonchev–Trinajstić information content (AvgIpc) is 3.34. The van der Waals surface area contributed by atoms with E-state index in [4.69, 9.17) is 4.74 Å². The van der Waals surface area contributed by atoms with Gasteiger partial charge in [-0.25, -0.2) is 4.99 Å². The van der Waals surface area contributed by atoms with Crippen molar-refractivity contribution in [2.24, 2.45) is 17.0 Å². The first-order valence-corrected chi connectivity index (χ1v) is 9.16. The molecule has 3 aromatic rings. The van der Waals surface area contributed by atoms with Crippen LogP contribution in [0.1, 0.15) is 18.2 Å². The van der Waals surface area contributed by atoms with Crippen molar-refractivity contribution in [3.63, 3.8) is 0 Å². The molecule has 2 aromatic heterocycles. The third kappa shape index (κ3) is 3.02. The van der Waals surface area contributed by atoms with E-state index in [1.54, 1.807) is 6.34 Å². The van der Waals surface area contributed by atoms with E-state index >= 15 is 0 Å². The Bertz CT molecular complexity index is 1030. The number of aromatic amines is 1. The quantitative estimate of drug-likeness (QED) is 0.756. The average molecular weight is 363 g/mol. The first-order valence-electron chi connectivity index (χ1n) is 9.16. The molecule has 0 radical (unpaired) electrons. The molecule has 5 rings (SSSR count). The predicted molar refractivity (Wildman–Crippen MR) is 104 cm³/mol. The van der Waals surface area contributed by atoms with E-state index in [0.717, 1.165) is 66.3 Å². The molecule has 0 bridgehead atoms. The van der Waals surface area contributed by atoms with Gasteiger partial charge in [-0.1, -0.05) is 6.07 Å². The molecule has 1 unspecified atom stereocenters. The smallest absolute Gasteiger partial charge is 0.112 e. The molecule has 27 heavy (non-hydrogen) atoms. The van der Waals surface area contributed by atoms with Crippen LogP contribution in [0.15, 0.2) is 40.6 Å². The second-order valence-corrected chi connectivity index (χ2v) is 6.90. The highest BCUT2D eigenvalue weighted by atomic mass is 16.5. The van der Waals surface area contributed by atoms with Crippen LogP contribution in [-0.2, 0) is 11.8 Å². The maximum atomic E-state index is 5.45. The zero-order chi connectivity index (χ0) is 18.2. The lowest BCUT2D eigenvalue weighted by atomic mass is 10.0. The van der Waals surface area contributed by atoms with Crippen LogP contribution >= 0.6 is 0 Å². The molecular formula is C19H21N7O. The van der Waals surface area contributed by atoms with E-state index in [1.807, 2.05) is 30.2 Å². The second-order valence-electron chi connectivity index (χ2n) is 6.90. The van der Waals surface area contributed by atoms with Gasteiger partial charge in [0.05, 0.1) is 30.6 Å². The van der Waals surface area contributed by atoms with Crippen molar-refractivity contribution in [3.8, 4) is 11.1 Å². The van der Waals surface area contributed by atoms with Crippen molar-refractivity contribution < 1.29 is 4.74 Å². The molecule has 1 atom stereocenters. The molecule has 8 heteroatoms. The third-order valence-electron chi connectivity index (χ3n) is 5.16. The molecule has 8 nitrogen and oxygen atoms in total. The predicted octanol–water partition coefficient (Wildman–Crippen LogP) is 2.17. The monoisotopic (exact) mass is 363 g/mol. The third-order valence-corrected chi connectivity index (χ3v) is 5.16. The van der Waals surface area contributed by atoms with Gasteiger partial charge < -0.3 is 9.64 Å². The lowest BCUT2D eigenvalue weighted by Crippen LogP contribution is -2.41. The summed E-state index contributed by atoms with van der Waals surface area (Å²) in [6.07, 6.45) is 6.34. The molecule has 1 saturated heterocycles. The first-order chi connectivity index (χ1) is 13.3. The molecule has 1 fully saturated rings. The van der Waals surface area contributed by atoms with Crippen LogP contribution in [0.4, 0.5) is 0 Å². The van der Waals surface area contributed by atoms with Gasteiger partial charge in [0.2, 0.25) is 0 Å². The topological polar surface area (TPSA) is 83.7 Å². The molecule has 1 aromatic carbocycles. The van der Waals surface area contributed by atoms with Crippen molar-refractivity contribution in [2.75, 3.05) is 26.3 Å². The van der Waals surface area contributed by atoms with Crippen LogP contribution in [0, 0.1) is 0 Å². The number of morpholine rings is 1. The van der Waals surface area contributed by atoms with Gasteiger partial charge in [-0.2, -0.15) is 10.2 Å². The van der Waals surface area contributed by atoms with Crippen LogP contribution in [0.5, 0.6) is 0 Å². The standard InChI is InChI=1S/C19H21N7O/c1-25-11-14(10-22-25)13-2-3-16-15(8-13)19(24-23-16)17-9-18(21-12-20-17)26-4-6-27-7-5-26/h2-3,8,10-12,17H,4-7,9H2,1H3,(H,23,24). The number of hydrogen-bond acceptors (Lipinski definition) is 6. The van der Waals surface area contributed by atoms with E-state index in [1.165, 1.54) is 0 Å². The molecule has 0 amide bonds. The van der Waals surface area contributed by atoms with Crippen molar-refractivity contribution in [1.29, 1.82) is 0 Å².